The second kappa shape index (κ2) is 11.3. The molecule has 2 heterocycles. The Kier molecular flexibility index (Phi) is 9.84. The number of rotatable bonds is 6. The summed E-state index contributed by atoms with van der Waals surface area (Å²) in [4.78, 5) is 22.8. The van der Waals surface area contributed by atoms with Crippen molar-refractivity contribution >= 4 is 35.8 Å². The summed E-state index contributed by atoms with van der Waals surface area (Å²) in [6.45, 7) is 9.86. The highest BCUT2D eigenvalue weighted by atomic mass is 127. The third-order valence-electron chi connectivity index (χ3n) is 4.41. The summed E-state index contributed by atoms with van der Waals surface area (Å²) in [7, 11) is 0. The molecule has 0 saturated carbocycles. The maximum atomic E-state index is 11.8. The third kappa shape index (κ3) is 6.48. The molecule has 1 aliphatic rings. The van der Waals surface area contributed by atoms with Crippen LogP contribution in [-0.4, -0.2) is 59.0 Å². The largest absolute Gasteiger partial charge is 0.357 e. The van der Waals surface area contributed by atoms with Crippen molar-refractivity contribution in [1.29, 1.82) is 0 Å². The molecule has 0 bridgehead atoms. The Morgan fingerprint density at radius 2 is 2.16 bits per heavy atom. The maximum Gasteiger partial charge on any atom is 0.241 e. The molecule has 1 aliphatic heterocycles. The average Bonchev–Trinajstić information content (AvgIpc) is 3.11. The number of aliphatic imine (C=N–C) groups is 1. The molecule has 7 nitrogen and oxygen atoms in total. The van der Waals surface area contributed by atoms with E-state index in [2.05, 4.69) is 37.0 Å². The molecule has 2 unspecified atom stereocenters. The molecular weight excluding hydrogens is 431 g/mol. The molecule has 2 rings (SSSR count). The van der Waals surface area contributed by atoms with Crippen LogP contribution in [0.25, 0.3) is 0 Å². The SMILES string of the molecule is CCCNC(=O)CN=C(NCC)N1CCC(C)C(n2ccnc2)C1.I. The quantitative estimate of drug-likeness (QED) is 0.385. The van der Waals surface area contributed by atoms with E-state index in [1.165, 1.54) is 0 Å². The highest BCUT2D eigenvalue weighted by molar-refractivity contribution is 14.0. The van der Waals surface area contributed by atoms with Crippen LogP contribution in [0, 0.1) is 5.92 Å². The monoisotopic (exact) mass is 462 g/mol. The Morgan fingerprint density at radius 1 is 1.36 bits per heavy atom. The van der Waals surface area contributed by atoms with Gasteiger partial charge in [-0.25, -0.2) is 9.98 Å². The molecule has 1 saturated heterocycles. The summed E-state index contributed by atoms with van der Waals surface area (Å²) in [5.41, 5.74) is 0. The van der Waals surface area contributed by atoms with Crippen LogP contribution in [-0.2, 0) is 4.79 Å². The van der Waals surface area contributed by atoms with Crippen molar-refractivity contribution in [2.75, 3.05) is 32.7 Å². The van der Waals surface area contributed by atoms with E-state index in [4.69, 9.17) is 0 Å². The van der Waals surface area contributed by atoms with Crippen LogP contribution in [0.3, 0.4) is 0 Å². The molecule has 0 aromatic carbocycles. The van der Waals surface area contributed by atoms with Crippen LogP contribution in [0.4, 0.5) is 0 Å². The van der Waals surface area contributed by atoms with E-state index in [0.29, 0.717) is 18.5 Å². The zero-order chi connectivity index (χ0) is 17.4. The average molecular weight is 462 g/mol. The topological polar surface area (TPSA) is 74.6 Å². The smallest absolute Gasteiger partial charge is 0.241 e. The number of carbonyl (C=O) groups excluding carboxylic acids is 1. The van der Waals surface area contributed by atoms with E-state index in [9.17, 15) is 4.79 Å². The second-order valence-electron chi connectivity index (χ2n) is 6.31. The van der Waals surface area contributed by atoms with Crippen molar-refractivity contribution < 1.29 is 4.79 Å². The maximum absolute atomic E-state index is 11.8. The minimum absolute atomic E-state index is 0. The van der Waals surface area contributed by atoms with Crippen molar-refractivity contribution in [3.8, 4) is 0 Å². The van der Waals surface area contributed by atoms with E-state index < -0.39 is 0 Å². The van der Waals surface area contributed by atoms with Gasteiger partial charge in [0, 0.05) is 38.6 Å². The van der Waals surface area contributed by atoms with Gasteiger partial charge in [-0.3, -0.25) is 4.79 Å². The minimum atomic E-state index is -0.0243. The van der Waals surface area contributed by atoms with E-state index in [-0.39, 0.29) is 36.4 Å². The number of halogens is 1. The predicted octanol–water partition coefficient (Wildman–Crippen LogP) is 1.88. The first-order valence-corrected chi connectivity index (χ1v) is 8.93. The van der Waals surface area contributed by atoms with Gasteiger partial charge in [0.25, 0.3) is 0 Å². The van der Waals surface area contributed by atoms with Gasteiger partial charge in [0.15, 0.2) is 5.96 Å². The van der Waals surface area contributed by atoms with Crippen molar-refractivity contribution in [1.82, 2.24) is 25.1 Å². The molecule has 1 aromatic heterocycles. The number of carbonyl (C=O) groups is 1. The summed E-state index contributed by atoms with van der Waals surface area (Å²) in [6.07, 6.45) is 7.75. The number of hydrogen-bond donors (Lipinski definition) is 2. The molecule has 2 N–H and O–H groups in total. The van der Waals surface area contributed by atoms with E-state index in [0.717, 1.165) is 38.4 Å². The van der Waals surface area contributed by atoms with Crippen LogP contribution in [0.15, 0.2) is 23.7 Å². The molecule has 8 heteroatoms. The van der Waals surface area contributed by atoms with Crippen LogP contribution in [0.5, 0.6) is 0 Å². The number of amides is 1. The molecule has 142 valence electrons. The molecule has 0 aliphatic carbocycles. The summed E-state index contributed by atoms with van der Waals surface area (Å²) >= 11 is 0. The highest BCUT2D eigenvalue weighted by Crippen LogP contribution is 2.27. The zero-order valence-electron chi connectivity index (χ0n) is 15.4. The lowest BCUT2D eigenvalue weighted by Gasteiger charge is -2.39. The van der Waals surface area contributed by atoms with Crippen molar-refractivity contribution in [2.24, 2.45) is 10.9 Å². The summed E-state index contributed by atoms with van der Waals surface area (Å²) in [6, 6.07) is 0.374. The van der Waals surface area contributed by atoms with Crippen LogP contribution >= 0.6 is 24.0 Å². The van der Waals surface area contributed by atoms with Crippen molar-refractivity contribution in [2.45, 2.75) is 39.7 Å². The first-order valence-electron chi connectivity index (χ1n) is 8.93. The van der Waals surface area contributed by atoms with E-state index >= 15 is 0 Å². The fourth-order valence-corrected chi connectivity index (χ4v) is 2.99. The number of nitrogens with zero attached hydrogens (tertiary/aromatic N) is 4. The number of piperidine rings is 1. The van der Waals surface area contributed by atoms with Gasteiger partial charge in [-0.15, -0.1) is 24.0 Å². The normalized spacial score (nSPS) is 20.8. The van der Waals surface area contributed by atoms with Crippen LogP contribution < -0.4 is 10.6 Å². The lowest BCUT2D eigenvalue weighted by molar-refractivity contribution is -0.119. The number of imidazole rings is 1. The van der Waals surface area contributed by atoms with Crippen LogP contribution in [0.2, 0.25) is 0 Å². The molecule has 0 spiro atoms. The fourth-order valence-electron chi connectivity index (χ4n) is 2.99. The number of hydrogen-bond acceptors (Lipinski definition) is 3. The van der Waals surface area contributed by atoms with E-state index in [1.807, 2.05) is 32.6 Å². The zero-order valence-corrected chi connectivity index (χ0v) is 17.8. The molecule has 1 aromatic rings. The highest BCUT2D eigenvalue weighted by Gasteiger charge is 2.28. The lowest BCUT2D eigenvalue weighted by atomic mass is 9.93. The number of guanidine groups is 1. The van der Waals surface area contributed by atoms with Gasteiger partial charge in [0.05, 0.1) is 12.4 Å². The Balaban J connectivity index is 0.00000312. The Hall–Kier alpha value is -1.32. The van der Waals surface area contributed by atoms with Gasteiger partial charge in [0.1, 0.15) is 6.54 Å². The van der Waals surface area contributed by atoms with E-state index in [1.54, 1.807) is 0 Å². The fraction of sp³-hybridized carbons (Fsp3) is 0.706. The Bertz CT molecular complexity index is 533. The summed E-state index contributed by atoms with van der Waals surface area (Å²) in [5.74, 6) is 1.39. The van der Waals surface area contributed by atoms with Gasteiger partial charge in [0.2, 0.25) is 5.91 Å². The third-order valence-corrected chi connectivity index (χ3v) is 4.41. The summed E-state index contributed by atoms with van der Waals surface area (Å²) < 4.78 is 2.17. The Labute approximate surface area is 167 Å². The van der Waals surface area contributed by atoms with Crippen molar-refractivity contribution in [3.63, 3.8) is 0 Å². The number of aromatic nitrogens is 2. The first-order chi connectivity index (χ1) is 11.7. The molecule has 1 fully saturated rings. The van der Waals surface area contributed by atoms with Crippen LogP contribution in [0.1, 0.15) is 39.7 Å². The van der Waals surface area contributed by atoms with Gasteiger partial charge < -0.3 is 20.1 Å². The van der Waals surface area contributed by atoms with Gasteiger partial charge >= 0.3 is 0 Å². The van der Waals surface area contributed by atoms with Gasteiger partial charge in [-0.05, 0) is 25.7 Å². The van der Waals surface area contributed by atoms with Gasteiger partial charge in [-0.2, -0.15) is 0 Å². The summed E-state index contributed by atoms with van der Waals surface area (Å²) in [5, 5.41) is 6.18. The lowest BCUT2D eigenvalue weighted by Crippen LogP contribution is -2.49. The minimum Gasteiger partial charge on any atom is -0.357 e. The number of nitrogens with one attached hydrogen (secondary N) is 2. The molecule has 2 atom stereocenters. The molecule has 25 heavy (non-hydrogen) atoms. The number of likely N-dealkylation sites (tertiary alicyclic amines) is 1. The standard InChI is InChI=1S/C17H30N6O.HI/c1-4-7-20-16(24)11-21-17(19-5-2)22-9-6-14(3)15(12-22)23-10-8-18-13-23;/h8,10,13-15H,4-7,9,11-12H2,1-3H3,(H,19,21)(H,20,24);1H. The predicted molar refractivity (Wildman–Crippen MR) is 111 cm³/mol. The van der Waals surface area contributed by atoms with Crippen molar-refractivity contribution in [3.05, 3.63) is 18.7 Å². The molecular formula is C17H31IN6O. The first kappa shape index (κ1) is 21.7. The Morgan fingerprint density at radius 3 is 2.80 bits per heavy atom. The molecule has 1 amide bonds. The molecule has 0 radical (unpaired) electrons. The van der Waals surface area contributed by atoms with Gasteiger partial charge in [-0.1, -0.05) is 13.8 Å². The second-order valence-corrected chi connectivity index (χ2v) is 6.31.